The topological polar surface area (TPSA) is 152 Å². The summed E-state index contributed by atoms with van der Waals surface area (Å²) in [5, 5.41) is 10.5. The second-order valence-electron chi connectivity index (χ2n) is 18.9. The molecule has 12 rings (SSSR count). The Hall–Kier alpha value is -7.82. The van der Waals surface area contributed by atoms with Gasteiger partial charge in [0.15, 0.2) is 28.6 Å². The molecule has 8 nitrogen and oxygen atoms in total. The van der Waals surface area contributed by atoms with E-state index in [2.05, 4.69) is 0 Å². The van der Waals surface area contributed by atoms with E-state index in [4.69, 9.17) is 18.6 Å². The van der Waals surface area contributed by atoms with E-state index in [0.717, 1.165) is 63.7 Å². The maximum atomic E-state index is 13.8. The molecule has 0 heterocycles. The number of halogens is 1. The molecule has 0 radical (unpaired) electrons. The van der Waals surface area contributed by atoms with Gasteiger partial charge in [-0.05, 0) is 0 Å². The van der Waals surface area contributed by atoms with E-state index in [1.807, 2.05) is 364 Å². The van der Waals surface area contributed by atoms with Crippen molar-refractivity contribution in [3.63, 3.8) is 0 Å². The van der Waals surface area contributed by atoms with Crippen LogP contribution < -0.4 is 68.3 Å². The van der Waals surface area contributed by atoms with Crippen LogP contribution in [0, 0.1) is 10.2 Å². The molecule has 0 amide bonds. The number of hydrogen-bond acceptors (Lipinski definition) is 8. The van der Waals surface area contributed by atoms with E-state index in [1.165, 1.54) is 0 Å². The minimum absolute atomic E-state index is 0. The van der Waals surface area contributed by atoms with Crippen molar-refractivity contribution in [1.82, 2.24) is 0 Å². The Bertz CT molecular complexity index is 3130. The van der Waals surface area contributed by atoms with Crippen molar-refractivity contribution in [3.8, 4) is 0 Å². The second kappa shape index (κ2) is 32.1. The summed E-state index contributed by atoms with van der Waals surface area (Å²) in [5.41, 5.74) is 0. The van der Waals surface area contributed by atoms with Gasteiger partial charge in [-0.3, -0.25) is 0 Å². The van der Waals surface area contributed by atoms with Crippen molar-refractivity contribution in [1.29, 1.82) is 0 Å². The van der Waals surface area contributed by atoms with Crippen molar-refractivity contribution in [2.24, 2.45) is 0 Å². The third-order valence-electron chi connectivity index (χ3n) is 13.4. The standard InChI is InChI=1S/4C18H15OP.ClH3O4.Ni/c4*19-20(16-10-4-1-5-11-16,17-12-6-2-7-13-17)18-14-8-3-9-15-18;2-1(3,4)5;/h4*1-15H;2-4H;/q;;;;;+2. The van der Waals surface area contributed by atoms with Gasteiger partial charge in [0.05, 0.1) is 0 Å². The zero-order valence-electron chi connectivity index (χ0n) is 46.5. The Morgan fingerprint density at radius 3 is 0.302 bits per heavy atom. The van der Waals surface area contributed by atoms with E-state index < -0.39 is 38.8 Å². The Balaban J connectivity index is 0.000000159. The fourth-order valence-corrected chi connectivity index (χ4v) is 20.1. The van der Waals surface area contributed by atoms with Gasteiger partial charge in [-0.25, -0.2) is 0 Å². The molecule has 3 N–H and O–H groups in total. The zero-order valence-corrected chi connectivity index (χ0v) is 51.8. The van der Waals surface area contributed by atoms with Crippen LogP contribution in [0.5, 0.6) is 0 Å². The van der Waals surface area contributed by atoms with Gasteiger partial charge in [0, 0.05) is 63.7 Å². The van der Waals surface area contributed by atoms with Gasteiger partial charge in [-0.15, -0.1) is 0 Å². The predicted octanol–water partition coefficient (Wildman–Crippen LogP) is 10.4. The van der Waals surface area contributed by atoms with Crippen LogP contribution in [-0.4, -0.2) is 14.0 Å². The first kappa shape index (κ1) is 65.7. The van der Waals surface area contributed by atoms with Crippen LogP contribution in [0.1, 0.15) is 0 Å². The molecule has 0 aliphatic rings. The summed E-state index contributed by atoms with van der Waals surface area (Å²) in [4.78, 5) is 0. The molecule has 12 aromatic carbocycles. The van der Waals surface area contributed by atoms with E-state index >= 15 is 0 Å². The van der Waals surface area contributed by atoms with Gasteiger partial charge < -0.3 is 18.3 Å². The molecule has 0 bridgehead atoms. The van der Waals surface area contributed by atoms with Crippen LogP contribution in [0.15, 0.2) is 364 Å². The normalized spacial score (nSPS) is 11.3. The summed E-state index contributed by atoms with van der Waals surface area (Å²) in [5.74, 6) is 0. The van der Waals surface area contributed by atoms with Gasteiger partial charge in [0.2, 0.25) is 0 Å². The number of hydrogen-bond donors (Lipinski definition) is 3. The first-order valence-electron chi connectivity index (χ1n) is 27.0. The molecule has 0 fully saturated rings. The zero-order chi connectivity index (χ0) is 59.9. The molecule has 0 saturated heterocycles. The first-order valence-corrected chi connectivity index (χ1v) is 35.2. The average molecular weight is 1270 g/mol. The van der Waals surface area contributed by atoms with Gasteiger partial charge in [-0.1, -0.05) is 364 Å². The van der Waals surface area contributed by atoms with Crippen LogP contribution in [0.4, 0.5) is 0 Å². The number of benzene rings is 12. The summed E-state index contributed by atoms with van der Waals surface area (Å²) in [6.45, 7) is 0. The Labute approximate surface area is 516 Å². The van der Waals surface area contributed by atoms with Gasteiger partial charge in [0.1, 0.15) is 0 Å². The van der Waals surface area contributed by atoms with Gasteiger partial charge in [-0.2, -0.15) is 0 Å². The third-order valence-corrected chi connectivity index (χ3v) is 25.7. The second-order valence-corrected chi connectivity index (χ2v) is 30.8. The molecule has 0 atom stereocenters. The molecular formula is C72H63ClNiO8P4+2. The monoisotopic (exact) mass is 1270 g/mol. The molecule has 86 heavy (non-hydrogen) atoms. The van der Waals surface area contributed by atoms with Crippen molar-refractivity contribution < 1.29 is 63.6 Å². The molecule has 0 spiro atoms. The van der Waals surface area contributed by atoms with Crippen molar-refractivity contribution in [2.75, 3.05) is 0 Å². The van der Waals surface area contributed by atoms with E-state index in [-0.39, 0.29) is 16.5 Å². The van der Waals surface area contributed by atoms with Crippen molar-refractivity contribution >= 4 is 92.2 Å². The fraction of sp³-hybridized carbons (Fsp3) is 0. The predicted molar refractivity (Wildman–Crippen MR) is 350 cm³/mol. The third kappa shape index (κ3) is 16.8. The van der Waals surface area contributed by atoms with Crippen LogP contribution >= 0.6 is 28.6 Å². The molecule has 0 aliphatic carbocycles. The van der Waals surface area contributed by atoms with Crippen molar-refractivity contribution in [3.05, 3.63) is 364 Å². The van der Waals surface area contributed by atoms with Crippen LogP contribution in [0.3, 0.4) is 0 Å². The summed E-state index contributed by atoms with van der Waals surface area (Å²) >= 11 is 0. The van der Waals surface area contributed by atoms with Crippen LogP contribution in [0.2, 0.25) is 0 Å². The van der Waals surface area contributed by atoms with Gasteiger partial charge >= 0.3 is 45.4 Å². The van der Waals surface area contributed by atoms with E-state index in [9.17, 15) is 18.3 Å². The van der Waals surface area contributed by atoms with E-state index in [1.54, 1.807) is 0 Å². The summed E-state index contributed by atoms with van der Waals surface area (Å²) in [6.07, 6.45) is 0. The van der Waals surface area contributed by atoms with E-state index in [0.29, 0.717) is 0 Å². The quantitative estimate of drug-likeness (QED) is 0.0808. The molecule has 12 aromatic rings. The molecule has 14 heteroatoms. The molecule has 0 unspecified atom stereocenters. The SMILES string of the molecule is O=P(c1ccccc1)(c1ccccc1)c1ccccc1.O=P(c1ccccc1)(c1ccccc1)c1ccccc1.O=P(c1ccccc1)(c1ccccc1)c1ccccc1.O=P(c1ccccc1)(c1ccccc1)c1ccccc1.[Ni+2].[O-][Cl+](O)(O)O. The van der Waals surface area contributed by atoms with Gasteiger partial charge in [0.25, 0.3) is 0 Å². The first-order chi connectivity index (χ1) is 41.3. The Morgan fingerprint density at radius 2 is 0.244 bits per heavy atom. The number of rotatable bonds is 12. The summed E-state index contributed by atoms with van der Waals surface area (Å²) in [7, 11) is -15.3. The molecule has 0 aromatic heterocycles. The molecule has 0 saturated carbocycles. The molecule has 0 aliphatic heterocycles. The Kier molecular flexibility index (Phi) is 24.5. The summed E-state index contributed by atoms with van der Waals surface area (Å²) in [6, 6.07) is 117. The minimum atomic E-state index is -4.19. The summed E-state index contributed by atoms with van der Waals surface area (Å²) < 4.78 is 85.5. The van der Waals surface area contributed by atoms with Crippen molar-refractivity contribution in [2.45, 2.75) is 0 Å². The molecule has 434 valence electrons. The fourth-order valence-electron chi connectivity index (χ4n) is 9.44. The molecular weight excluding hydrogens is 1210 g/mol. The Morgan fingerprint density at radius 1 is 0.186 bits per heavy atom. The van der Waals surface area contributed by atoms with Crippen LogP contribution in [-0.2, 0) is 34.8 Å². The van der Waals surface area contributed by atoms with Crippen LogP contribution in [0.25, 0.3) is 0 Å². The maximum absolute atomic E-state index is 13.8. The average Bonchev–Trinajstić information content (AvgIpc) is 2.53.